The molecule has 1 fully saturated rings. The number of hydrogen-bond donors (Lipinski definition) is 1. The highest BCUT2D eigenvalue weighted by molar-refractivity contribution is 4.85. The van der Waals surface area contributed by atoms with E-state index in [1.165, 1.54) is 12.8 Å². The summed E-state index contributed by atoms with van der Waals surface area (Å²) in [6, 6.07) is 0. The van der Waals surface area contributed by atoms with E-state index in [0.29, 0.717) is 6.10 Å². The highest BCUT2D eigenvalue weighted by Gasteiger charge is 2.28. The molecule has 12 heavy (non-hydrogen) atoms. The van der Waals surface area contributed by atoms with E-state index in [4.69, 9.17) is 11.2 Å². The van der Waals surface area contributed by atoms with Crippen LogP contribution in [0.3, 0.4) is 0 Å². The van der Waals surface area contributed by atoms with E-state index in [0.717, 1.165) is 25.5 Å². The Balaban J connectivity index is 1.92. The molecule has 68 valence electrons. The van der Waals surface area contributed by atoms with E-state index in [-0.39, 0.29) is 0 Å². The van der Waals surface area contributed by atoms with Gasteiger partial charge in [0.25, 0.3) is 0 Å². The maximum Gasteiger partial charge on any atom is 0.0581 e. The first-order chi connectivity index (χ1) is 5.86. The third-order valence-electron chi connectivity index (χ3n) is 2.29. The number of hydrogen-bond acceptors (Lipinski definition) is 2. The molecule has 1 saturated carbocycles. The van der Waals surface area contributed by atoms with Crippen LogP contribution >= 0.6 is 0 Å². The molecule has 2 heteroatoms. The van der Waals surface area contributed by atoms with E-state index < -0.39 is 0 Å². The van der Waals surface area contributed by atoms with Gasteiger partial charge in [-0.15, -0.1) is 12.3 Å². The fraction of sp³-hybridized carbons (Fsp3) is 0.800. The fourth-order valence-electron chi connectivity index (χ4n) is 1.55. The SMILES string of the molecule is C#CCCOC1CC(CNC)C1. The maximum atomic E-state index is 5.52. The third-order valence-corrected chi connectivity index (χ3v) is 2.29. The van der Waals surface area contributed by atoms with Crippen LogP contribution in [0.4, 0.5) is 0 Å². The van der Waals surface area contributed by atoms with Crippen molar-refractivity contribution in [3.05, 3.63) is 0 Å². The first-order valence-corrected chi connectivity index (χ1v) is 4.56. The van der Waals surface area contributed by atoms with Crippen LogP contribution in [0.2, 0.25) is 0 Å². The van der Waals surface area contributed by atoms with Crippen LogP contribution in [0.15, 0.2) is 0 Å². The van der Waals surface area contributed by atoms with Crippen molar-refractivity contribution in [1.29, 1.82) is 0 Å². The molecule has 0 saturated heterocycles. The lowest BCUT2D eigenvalue weighted by Gasteiger charge is -2.34. The topological polar surface area (TPSA) is 21.3 Å². The highest BCUT2D eigenvalue weighted by Crippen LogP contribution is 2.29. The van der Waals surface area contributed by atoms with Crippen molar-refractivity contribution in [2.45, 2.75) is 25.4 Å². The van der Waals surface area contributed by atoms with Gasteiger partial charge in [0.2, 0.25) is 0 Å². The summed E-state index contributed by atoms with van der Waals surface area (Å²) in [5, 5.41) is 3.17. The maximum absolute atomic E-state index is 5.52. The van der Waals surface area contributed by atoms with Gasteiger partial charge in [0.1, 0.15) is 0 Å². The molecule has 0 radical (unpaired) electrons. The smallest absolute Gasteiger partial charge is 0.0581 e. The van der Waals surface area contributed by atoms with Gasteiger partial charge in [-0.05, 0) is 32.4 Å². The van der Waals surface area contributed by atoms with Crippen LogP contribution in [0.25, 0.3) is 0 Å². The lowest BCUT2D eigenvalue weighted by Crippen LogP contribution is -2.37. The van der Waals surface area contributed by atoms with Crippen LogP contribution < -0.4 is 5.32 Å². The monoisotopic (exact) mass is 167 g/mol. The number of ether oxygens (including phenoxy) is 1. The summed E-state index contributed by atoms with van der Waals surface area (Å²) in [4.78, 5) is 0. The van der Waals surface area contributed by atoms with Crippen LogP contribution in [-0.2, 0) is 4.74 Å². The van der Waals surface area contributed by atoms with Crippen molar-refractivity contribution in [2.75, 3.05) is 20.2 Å². The molecule has 0 heterocycles. The Morgan fingerprint density at radius 3 is 2.92 bits per heavy atom. The molecule has 0 aliphatic heterocycles. The Bertz CT molecular complexity index is 156. The summed E-state index contributed by atoms with van der Waals surface area (Å²) in [6.07, 6.45) is 8.74. The zero-order valence-corrected chi connectivity index (χ0v) is 7.68. The van der Waals surface area contributed by atoms with Gasteiger partial charge in [-0.25, -0.2) is 0 Å². The highest BCUT2D eigenvalue weighted by atomic mass is 16.5. The zero-order valence-electron chi connectivity index (χ0n) is 7.68. The minimum atomic E-state index is 0.483. The van der Waals surface area contributed by atoms with Crippen molar-refractivity contribution in [2.24, 2.45) is 5.92 Å². The minimum Gasteiger partial charge on any atom is -0.377 e. The Morgan fingerprint density at radius 1 is 1.58 bits per heavy atom. The number of rotatable bonds is 5. The number of nitrogens with one attached hydrogen (secondary N) is 1. The molecular formula is C10H17NO. The molecule has 1 aliphatic rings. The molecule has 1 aliphatic carbocycles. The average Bonchev–Trinajstić information content (AvgIpc) is 2.00. The largest absolute Gasteiger partial charge is 0.377 e. The summed E-state index contributed by atoms with van der Waals surface area (Å²) in [6.45, 7) is 1.85. The van der Waals surface area contributed by atoms with Gasteiger partial charge in [0.15, 0.2) is 0 Å². The second-order valence-electron chi connectivity index (χ2n) is 3.34. The average molecular weight is 167 g/mol. The third kappa shape index (κ3) is 2.84. The van der Waals surface area contributed by atoms with Crippen molar-refractivity contribution in [1.82, 2.24) is 5.32 Å². The van der Waals surface area contributed by atoms with Gasteiger partial charge >= 0.3 is 0 Å². The summed E-state index contributed by atoms with van der Waals surface area (Å²) < 4.78 is 5.52. The molecule has 0 aromatic rings. The Morgan fingerprint density at radius 2 is 2.33 bits per heavy atom. The Hall–Kier alpha value is -0.520. The minimum absolute atomic E-state index is 0.483. The second kappa shape index (κ2) is 5.18. The standard InChI is InChI=1S/C10H17NO/c1-3-4-5-12-10-6-9(7-10)8-11-2/h1,9-11H,4-8H2,2H3. The predicted octanol–water partition coefficient (Wildman–Crippen LogP) is 1.02. The predicted molar refractivity (Wildman–Crippen MR) is 49.8 cm³/mol. The molecule has 0 atom stereocenters. The summed E-state index contributed by atoms with van der Waals surface area (Å²) in [5.41, 5.74) is 0. The summed E-state index contributed by atoms with van der Waals surface area (Å²) in [7, 11) is 1.99. The first-order valence-electron chi connectivity index (χ1n) is 4.56. The van der Waals surface area contributed by atoms with Crippen LogP contribution in [0.5, 0.6) is 0 Å². The normalized spacial score (nSPS) is 27.7. The van der Waals surface area contributed by atoms with E-state index in [2.05, 4.69) is 11.2 Å². The lowest BCUT2D eigenvalue weighted by molar-refractivity contribution is -0.0268. The van der Waals surface area contributed by atoms with E-state index in [1.807, 2.05) is 7.05 Å². The van der Waals surface area contributed by atoms with Crippen LogP contribution in [0.1, 0.15) is 19.3 Å². The second-order valence-corrected chi connectivity index (χ2v) is 3.34. The Kier molecular flexibility index (Phi) is 4.13. The first kappa shape index (κ1) is 9.57. The molecule has 0 aromatic heterocycles. The summed E-state index contributed by atoms with van der Waals surface area (Å²) >= 11 is 0. The quantitative estimate of drug-likeness (QED) is 0.487. The van der Waals surface area contributed by atoms with Gasteiger partial charge < -0.3 is 10.1 Å². The lowest BCUT2D eigenvalue weighted by atomic mass is 9.82. The number of terminal acetylenes is 1. The van der Waals surface area contributed by atoms with Crippen LogP contribution in [0, 0.1) is 18.3 Å². The zero-order chi connectivity index (χ0) is 8.81. The Labute approximate surface area is 74.7 Å². The van der Waals surface area contributed by atoms with Gasteiger partial charge in [0.05, 0.1) is 12.7 Å². The van der Waals surface area contributed by atoms with Gasteiger partial charge in [0, 0.05) is 6.42 Å². The van der Waals surface area contributed by atoms with E-state index in [1.54, 1.807) is 0 Å². The fourth-order valence-corrected chi connectivity index (χ4v) is 1.55. The molecular weight excluding hydrogens is 150 g/mol. The molecule has 2 nitrogen and oxygen atoms in total. The van der Waals surface area contributed by atoms with E-state index in [9.17, 15) is 0 Å². The van der Waals surface area contributed by atoms with Crippen molar-refractivity contribution in [3.63, 3.8) is 0 Å². The van der Waals surface area contributed by atoms with Crippen LogP contribution in [-0.4, -0.2) is 26.3 Å². The molecule has 0 aromatic carbocycles. The van der Waals surface area contributed by atoms with Crippen molar-refractivity contribution < 1.29 is 4.74 Å². The molecule has 0 unspecified atom stereocenters. The van der Waals surface area contributed by atoms with Gasteiger partial charge in [-0.3, -0.25) is 0 Å². The van der Waals surface area contributed by atoms with E-state index >= 15 is 0 Å². The molecule has 0 amide bonds. The van der Waals surface area contributed by atoms with Gasteiger partial charge in [-0.2, -0.15) is 0 Å². The van der Waals surface area contributed by atoms with Crippen molar-refractivity contribution in [3.8, 4) is 12.3 Å². The van der Waals surface area contributed by atoms with Crippen molar-refractivity contribution >= 4 is 0 Å². The van der Waals surface area contributed by atoms with Gasteiger partial charge in [-0.1, -0.05) is 0 Å². The molecule has 0 spiro atoms. The molecule has 1 rings (SSSR count). The molecule has 0 bridgehead atoms. The molecule has 1 N–H and O–H groups in total. The summed E-state index contributed by atoms with van der Waals surface area (Å²) in [5.74, 6) is 3.40.